The molecule has 5 nitrogen and oxygen atoms in total. The topological polar surface area (TPSA) is 66.6 Å². The SMILES string of the molecule is CCN1CC(C(=O)N2CCCC(C(C)N)C2)CC1=O. The second-order valence-corrected chi connectivity index (χ2v) is 5.88. The Hall–Kier alpha value is -1.10. The molecule has 0 saturated carbocycles. The summed E-state index contributed by atoms with van der Waals surface area (Å²) >= 11 is 0. The Morgan fingerprint density at radius 2 is 2.21 bits per heavy atom. The van der Waals surface area contributed by atoms with E-state index in [2.05, 4.69) is 0 Å². The fourth-order valence-corrected chi connectivity index (χ4v) is 3.14. The van der Waals surface area contributed by atoms with Crippen LogP contribution < -0.4 is 5.73 Å². The second kappa shape index (κ2) is 5.90. The zero-order valence-electron chi connectivity index (χ0n) is 12.0. The lowest BCUT2D eigenvalue weighted by molar-refractivity contribution is -0.137. The summed E-state index contributed by atoms with van der Waals surface area (Å²) in [7, 11) is 0. The Bertz CT molecular complexity index is 357. The van der Waals surface area contributed by atoms with Crippen LogP contribution >= 0.6 is 0 Å². The Balaban J connectivity index is 1.95. The number of piperidine rings is 1. The van der Waals surface area contributed by atoms with Gasteiger partial charge in [0.1, 0.15) is 0 Å². The minimum absolute atomic E-state index is 0.113. The van der Waals surface area contributed by atoms with E-state index in [9.17, 15) is 9.59 Å². The molecule has 2 fully saturated rings. The molecule has 2 N–H and O–H groups in total. The number of nitrogens with two attached hydrogens (primary N) is 1. The summed E-state index contributed by atoms with van der Waals surface area (Å²) in [6.07, 6.45) is 2.51. The van der Waals surface area contributed by atoms with Gasteiger partial charge >= 0.3 is 0 Å². The summed E-state index contributed by atoms with van der Waals surface area (Å²) in [6, 6.07) is 0.132. The third-order valence-corrected chi connectivity index (χ3v) is 4.46. The van der Waals surface area contributed by atoms with E-state index in [1.807, 2.05) is 18.7 Å². The van der Waals surface area contributed by atoms with E-state index in [0.717, 1.165) is 25.9 Å². The summed E-state index contributed by atoms with van der Waals surface area (Å²) in [6.45, 7) is 6.83. The fourth-order valence-electron chi connectivity index (χ4n) is 3.14. The lowest BCUT2D eigenvalue weighted by Gasteiger charge is -2.35. The van der Waals surface area contributed by atoms with Crippen LogP contribution in [0.1, 0.15) is 33.1 Å². The predicted molar refractivity (Wildman–Crippen MR) is 73.3 cm³/mol. The third kappa shape index (κ3) is 3.08. The molecule has 3 atom stereocenters. The number of hydrogen-bond donors (Lipinski definition) is 1. The fraction of sp³-hybridized carbons (Fsp3) is 0.857. The van der Waals surface area contributed by atoms with Gasteiger partial charge in [-0.25, -0.2) is 0 Å². The standard InChI is InChI=1S/C14H25N3O2/c1-3-16-9-12(7-13(16)18)14(19)17-6-4-5-11(8-17)10(2)15/h10-12H,3-9,15H2,1-2H3. The molecule has 2 aliphatic rings. The molecule has 2 rings (SSSR count). The molecule has 3 unspecified atom stereocenters. The Labute approximate surface area is 115 Å². The van der Waals surface area contributed by atoms with Crippen molar-refractivity contribution in [2.45, 2.75) is 39.2 Å². The first-order chi connectivity index (χ1) is 9.02. The summed E-state index contributed by atoms with van der Waals surface area (Å²) in [5, 5.41) is 0. The van der Waals surface area contributed by atoms with E-state index >= 15 is 0 Å². The van der Waals surface area contributed by atoms with Crippen molar-refractivity contribution in [3.63, 3.8) is 0 Å². The Kier molecular flexibility index (Phi) is 4.45. The molecular weight excluding hydrogens is 242 g/mol. The minimum atomic E-state index is -0.140. The van der Waals surface area contributed by atoms with Crippen molar-refractivity contribution in [2.75, 3.05) is 26.2 Å². The van der Waals surface area contributed by atoms with Crippen LogP contribution in [0.15, 0.2) is 0 Å². The van der Waals surface area contributed by atoms with Crippen molar-refractivity contribution in [3.05, 3.63) is 0 Å². The van der Waals surface area contributed by atoms with Crippen molar-refractivity contribution in [1.82, 2.24) is 9.80 Å². The van der Waals surface area contributed by atoms with Crippen LogP contribution in [-0.2, 0) is 9.59 Å². The molecule has 0 spiro atoms. The van der Waals surface area contributed by atoms with Gasteiger partial charge in [0.2, 0.25) is 11.8 Å². The third-order valence-electron chi connectivity index (χ3n) is 4.46. The maximum Gasteiger partial charge on any atom is 0.228 e. The second-order valence-electron chi connectivity index (χ2n) is 5.88. The molecule has 0 aromatic rings. The maximum absolute atomic E-state index is 12.5. The Morgan fingerprint density at radius 3 is 2.79 bits per heavy atom. The molecule has 108 valence electrons. The average molecular weight is 267 g/mol. The van der Waals surface area contributed by atoms with Gasteiger partial charge in [0.05, 0.1) is 5.92 Å². The highest BCUT2D eigenvalue weighted by Gasteiger charge is 2.37. The summed E-state index contributed by atoms with van der Waals surface area (Å²) in [4.78, 5) is 27.9. The van der Waals surface area contributed by atoms with Crippen molar-refractivity contribution >= 4 is 11.8 Å². The van der Waals surface area contributed by atoms with Gasteiger partial charge in [0.15, 0.2) is 0 Å². The smallest absolute Gasteiger partial charge is 0.228 e. The van der Waals surface area contributed by atoms with Gasteiger partial charge in [-0.3, -0.25) is 9.59 Å². The van der Waals surface area contributed by atoms with Crippen LogP contribution in [0.5, 0.6) is 0 Å². The molecule has 2 aliphatic heterocycles. The van der Waals surface area contributed by atoms with Crippen LogP contribution in [0.3, 0.4) is 0 Å². The number of likely N-dealkylation sites (tertiary alicyclic amines) is 2. The normalized spacial score (nSPS) is 29.7. The monoisotopic (exact) mass is 267 g/mol. The first-order valence-corrected chi connectivity index (χ1v) is 7.35. The predicted octanol–water partition coefficient (Wildman–Crippen LogP) is 0.441. The molecule has 0 bridgehead atoms. The number of hydrogen-bond acceptors (Lipinski definition) is 3. The number of amides is 2. The highest BCUT2D eigenvalue weighted by Crippen LogP contribution is 2.24. The lowest BCUT2D eigenvalue weighted by atomic mass is 9.91. The quantitative estimate of drug-likeness (QED) is 0.807. The Morgan fingerprint density at radius 1 is 1.47 bits per heavy atom. The van der Waals surface area contributed by atoms with E-state index in [1.54, 1.807) is 4.90 Å². The lowest BCUT2D eigenvalue weighted by Crippen LogP contribution is -2.47. The van der Waals surface area contributed by atoms with Crippen molar-refractivity contribution in [3.8, 4) is 0 Å². The molecule has 2 heterocycles. The van der Waals surface area contributed by atoms with Gasteiger partial charge in [-0.15, -0.1) is 0 Å². The number of nitrogens with zero attached hydrogens (tertiary/aromatic N) is 2. The molecule has 0 radical (unpaired) electrons. The van der Waals surface area contributed by atoms with E-state index < -0.39 is 0 Å². The molecule has 0 aromatic heterocycles. The van der Waals surface area contributed by atoms with Crippen LogP contribution in [0.2, 0.25) is 0 Å². The van der Waals surface area contributed by atoms with E-state index in [4.69, 9.17) is 5.73 Å². The molecule has 0 aromatic carbocycles. The highest BCUT2D eigenvalue weighted by molar-refractivity contribution is 5.89. The van der Waals surface area contributed by atoms with Crippen LogP contribution in [-0.4, -0.2) is 53.8 Å². The van der Waals surface area contributed by atoms with Crippen LogP contribution in [0, 0.1) is 11.8 Å². The molecule has 5 heteroatoms. The van der Waals surface area contributed by atoms with Crippen molar-refractivity contribution in [2.24, 2.45) is 17.6 Å². The molecule has 0 aliphatic carbocycles. The molecule has 2 saturated heterocycles. The van der Waals surface area contributed by atoms with E-state index in [-0.39, 0.29) is 23.8 Å². The van der Waals surface area contributed by atoms with E-state index in [0.29, 0.717) is 25.4 Å². The van der Waals surface area contributed by atoms with Gasteiger partial charge < -0.3 is 15.5 Å². The molecule has 2 amide bonds. The number of carbonyl (C=O) groups is 2. The van der Waals surface area contributed by atoms with Gasteiger partial charge in [0.25, 0.3) is 0 Å². The summed E-state index contributed by atoms with van der Waals surface area (Å²) < 4.78 is 0. The maximum atomic E-state index is 12.5. The van der Waals surface area contributed by atoms with Crippen LogP contribution in [0.4, 0.5) is 0 Å². The van der Waals surface area contributed by atoms with Gasteiger partial charge in [-0.1, -0.05) is 0 Å². The largest absolute Gasteiger partial charge is 0.342 e. The van der Waals surface area contributed by atoms with E-state index in [1.165, 1.54) is 0 Å². The minimum Gasteiger partial charge on any atom is -0.342 e. The number of rotatable bonds is 3. The summed E-state index contributed by atoms with van der Waals surface area (Å²) in [5.41, 5.74) is 5.95. The van der Waals surface area contributed by atoms with Crippen molar-refractivity contribution in [1.29, 1.82) is 0 Å². The summed E-state index contributed by atoms with van der Waals surface area (Å²) in [5.74, 6) is 0.521. The number of carbonyl (C=O) groups excluding carboxylic acids is 2. The van der Waals surface area contributed by atoms with Gasteiger partial charge in [-0.05, 0) is 32.6 Å². The first-order valence-electron chi connectivity index (χ1n) is 7.35. The highest BCUT2D eigenvalue weighted by atomic mass is 16.2. The van der Waals surface area contributed by atoms with Crippen LogP contribution in [0.25, 0.3) is 0 Å². The zero-order valence-corrected chi connectivity index (χ0v) is 12.0. The molecule has 19 heavy (non-hydrogen) atoms. The van der Waals surface area contributed by atoms with Gasteiger partial charge in [0, 0.05) is 38.6 Å². The zero-order chi connectivity index (χ0) is 14.0. The van der Waals surface area contributed by atoms with Crippen molar-refractivity contribution < 1.29 is 9.59 Å². The average Bonchev–Trinajstić information content (AvgIpc) is 2.79. The first kappa shape index (κ1) is 14.3. The molecular formula is C14H25N3O2. The van der Waals surface area contributed by atoms with Gasteiger partial charge in [-0.2, -0.15) is 0 Å².